The van der Waals surface area contributed by atoms with Gasteiger partial charge in [0.1, 0.15) is 11.9 Å². The van der Waals surface area contributed by atoms with Gasteiger partial charge in [-0.15, -0.1) is 0 Å². The molecule has 0 saturated carbocycles. The molecule has 0 bridgehead atoms. The van der Waals surface area contributed by atoms with E-state index in [1.165, 1.54) is 0 Å². The zero-order chi connectivity index (χ0) is 28.9. The Kier molecular flexibility index (Phi) is 8.95. The summed E-state index contributed by atoms with van der Waals surface area (Å²) >= 11 is 0. The van der Waals surface area contributed by atoms with Gasteiger partial charge in [-0.3, -0.25) is 9.59 Å². The highest BCUT2D eigenvalue weighted by Gasteiger charge is 2.39. The van der Waals surface area contributed by atoms with Crippen molar-refractivity contribution in [3.05, 3.63) is 84.6 Å². The van der Waals surface area contributed by atoms with Crippen LogP contribution in [0.25, 0.3) is 10.9 Å². The standard InChI is InChI=1S/C31H41N5O3Si/c1-31(2,3)40(4,5)39-29(36-21-26(30(32)38)33-22-36)12-9-18-35-19-17-24-14-15-25(20-27(24)35)34-28(37)16-13-23-10-7-6-8-11-23/h6-8,10-11,14-15,17,19-22,29H,9,12-13,16,18H2,1-5H3,(H2,32,38)(H,34,37)/t29-/m1/s1. The number of aromatic nitrogens is 3. The highest BCUT2D eigenvalue weighted by molar-refractivity contribution is 6.74. The molecule has 0 aliphatic rings. The van der Waals surface area contributed by atoms with Gasteiger partial charge in [-0.25, -0.2) is 4.98 Å². The van der Waals surface area contributed by atoms with Gasteiger partial charge in [0.2, 0.25) is 5.91 Å². The molecule has 40 heavy (non-hydrogen) atoms. The van der Waals surface area contributed by atoms with E-state index in [0.717, 1.165) is 41.5 Å². The Morgan fingerprint density at radius 3 is 2.52 bits per heavy atom. The summed E-state index contributed by atoms with van der Waals surface area (Å²) in [6, 6.07) is 18.2. The molecule has 0 spiro atoms. The zero-order valence-corrected chi connectivity index (χ0v) is 25.2. The first kappa shape index (κ1) is 29.3. The number of hydrogen-bond acceptors (Lipinski definition) is 4. The lowest BCUT2D eigenvalue weighted by Gasteiger charge is -2.39. The molecule has 9 heteroatoms. The monoisotopic (exact) mass is 559 g/mol. The molecule has 1 atom stereocenters. The largest absolute Gasteiger partial charge is 0.397 e. The Bertz CT molecular complexity index is 1450. The molecular formula is C31H41N5O3Si. The predicted molar refractivity (Wildman–Crippen MR) is 163 cm³/mol. The number of fused-ring (bicyclic) bond motifs is 1. The van der Waals surface area contributed by atoms with E-state index in [9.17, 15) is 9.59 Å². The number of benzene rings is 2. The predicted octanol–water partition coefficient (Wildman–Crippen LogP) is 6.51. The van der Waals surface area contributed by atoms with Gasteiger partial charge in [-0.05, 0) is 66.5 Å². The number of carbonyl (C=O) groups excluding carboxylic acids is 2. The second-order valence-electron chi connectivity index (χ2n) is 11.9. The maximum atomic E-state index is 12.6. The van der Waals surface area contributed by atoms with Gasteiger partial charge >= 0.3 is 0 Å². The third-order valence-electron chi connectivity index (χ3n) is 7.81. The third-order valence-corrected chi connectivity index (χ3v) is 12.3. The number of amides is 2. The number of carbonyl (C=O) groups is 2. The minimum atomic E-state index is -2.09. The molecule has 0 radical (unpaired) electrons. The SMILES string of the molecule is CC(C)(C)[Si](C)(C)O[C@H](CCCn1ccc2ccc(NC(=O)CCc3ccccc3)cc21)n1cnc(C(N)=O)c1. The van der Waals surface area contributed by atoms with Crippen molar-refractivity contribution >= 4 is 36.7 Å². The number of imidazole rings is 1. The quantitative estimate of drug-likeness (QED) is 0.193. The summed E-state index contributed by atoms with van der Waals surface area (Å²) in [4.78, 5) is 28.4. The molecule has 0 saturated heterocycles. The summed E-state index contributed by atoms with van der Waals surface area (Å²) in [7, 11) is -2.09. The molecule has 4 rings (SSSR count). The maximum absolute atomic E-state index is 12.6. The average molecular weight is 560 g/mol. The molecule has 8 nitrogen and oxygen atoms in total. The summed E-state index contributed by atoms with van der Waals surface area (Å²) in [5.74, 6) is -0.547. The van der Waals surface area contributed by atoms with Crippen molar-refractivity contribution in [3.63, 3.8) is 0 Å². The van der Waals surface area contributed by atoms with Crippen LogP contribution in [0.15, 0.2) is 73.3 Å². The Hall–Kier alpha value is -3.69. The van der Waals surface area contributed by atoms with Crippen LogP contribution in [0.1, 0.15) is 62.3 Å². The van der Waals surface area contributed by atoms with E-state index in [-0.39, 0.29) is 22.9 Å². The van der Waals surface area contributed by atoms with Gasteiger partial charge in [0.05, 0.1) is 11.8 Å². The normalized spacial score (nSPS) is 12.9. The van der Waals surface area contributed by atoms with Crippen LogP contribution in [-0.4, -0.2) is 34.2 Å². The summed E-state index contributed by atoms with van der Waals surface area (Å²) in [5.41, 5.74) is 8.70. The number of hydrogen-bond donors (Lipinski definition) is 2. The maximum Gasteiger partial charge on any atom is 0.268 e. The third kappa shape index (κ3) is 7.28. The van der Waals surface area contributed by atoms with E-state index < -0.39 is 14.2 Å². The van der Waals surface area contributed by atoms with E-state index >= 15 is 0 Å². The second kappa shape index (κ2) is 12.2. The summed E-state index contributed by atoms with van der Waals surface area (Å²) in [6.07, 6.45) is 7.89. The molecule has 2 aromatic carbocycles. The fourth-order valence-corrected chi connectivity index (χ4v) is 5.70. The van der Waals surface area contributed by atoms with E-state index in [4.69, 9.17) is 10.2 Å². The summed E-state index contributed by atoms with van der Waals surface area (Å²) in [6.45, 7) is 11.9. The van der Waals surface area contributed by atoms with Crippen molar-refractivity contribution in [3.8, 4) is 0 Å². The van der Waals surface area contributed by atoms with E-state index in [2.05, 4.69) is 61.0 Å². The van der Waals surface area contributed by atoms with Gasteiger partial charge in [-0.1, -0.05) is 57.2 Å². The minimum Gasteiger partial charge on any atom is -0.397 e. The van der Waals surface area contributed by atoms with Crippen LogP contribution in [0.3, 0.4) is 0 Å². The highest BCUT2D eigenvalue weighted by atomic mass is 28.4. The second-order valence-corrected chi connectivity index (χ2v) is 16.6. The number of aryl methyl sites for hydroxylation is 2. The number of nitrogens with zero attached hydrogens (tertiary/aromatic N) is 3. The zero-order valence-electron chi connectivity index (χ0n) is 24.2. The Morgan fingerprint density at radius 1 is 1.10 bits per heavy atom. The Morgan fingerprint density at radius 2 is 1.85 bits per heavy atom. The van der Waals surface area contributed by atoms with E-state index in [1.807, 2.05) is 53.1 Å². The number of rotatable bonds is 12. The van der Waals surface area contributed by atoms with Gasteiger partial charge < -0.3 is 24.6 Å². The smallest absolute Gasteiger partial charge is 0.268 e. The summed E-state index contributed by atoms with van der Waals surface area (Å²) < 4.78 is 10.8. The van der Waals surface area contributed by atoms with Crippen molar-refractivity contribution in [2.45, 2.75) is 77.4 Å². The Balaban J connectivity index is 1.42. The molecule has 2 heterocycles. The van der Waals surface area contributed by atoms with Crippen molar-refractivity contribution in [1.29, 1.82) is 0 Å². The summed E-state index contributed by atoms with van der Waals surface area (Å²) in [5, 5.41) is 4.21. The number of nitrogens with one attached hydrogen (secondary N) is 1. The molecular weight excluding hydrogens is 518 g/mol. The van der Waals surface area contributed by atoms with Crippen LogP contribution < -0.4 is 11.1 Å². The van der Waals surface area contributed by atoms with Gasteiger partial charge in [0, 0.05) is 31.0 Å². The van der Waals surface area contributed by atoms with Gasteiger partial charge in [0.25, 0.3) is 5.91 Å². The topological polar surface area (TPSA) is 104 Å². The molecule has 0 unspecified atom stereocenters. The van der Waals surface area contributed by atoms with Crippen LogP contribution in [-0.2, 0) is 22.2 Å². The van der Waals surface area contributed by atoms with Crippen LogP contribution in [0.2, 0.25) is 18.1 Å². The molecule has 4 aromatic rings. The van der Waals surface area contributed by atoms with Crippen molar-refractivity contribution < 1.29 is 14.0 Å². The first-order valence-electron chi connectivity index (χ1n) is 13.9. The van der Waals surface area contributed by atoms with Crippen LogP contribution in [0, 0.1) is 0 Å². The van der Waals surface area contributed by atoms with Crippen LogP contribution >= 0.6 is 0 Å². The first-order chi connectivity index (χ1) is 18.9. The van der Waals surface area contributed by atoms with Crippen LogP contribution in [0.5, 0.6) is 0 Å². The number of nitrogens with two attached hydrogens (primary N) is 1. The van der Waals surface area contributed by atoms with Gasteiger partial charge in [0.15, 0.2) is 8.32 Å². The van der Waals surface area contributed by atoms with Gasteiger partial charge in [-0.2, -0.15) is 0 Å². The molecule has 0 aliphatic carbocycles. The number of anilines is 1. The van der Waals surface area contributed by atoms with E-state index in [1.54, 1.807) is 12.5 Å². The Labute approximate surface area is 237 Å². The molecule has 0 aliphatic heterocycles. The molecule has 2 aromatic heterocycles. The lowest BCUT2D eigenvalue weighted by Crippen LogP contribution is -2.42. The fraction of sp³-hybridized carbons (Fsp3) is 0.387. The molecule has 3 N–H and O–H groups in total. The highest BCUT2D eigenvalue weighted by Crippen LogP contribution is 2.39. The lowest BCUT2D eigenvalue weighted by molar-refractivity contribution is -0.116. The van der Waals surface area contributed by atoms with Crippen molar-refractivity contribution in [1.82, 2.24) is 14.1 Å². The first-order valence-corrected chi connectivity index (χ1v) is 16.8. The minimum absolute atomic E-state index is 0.00240. The number of primary amides is 1. The molecule has 212 valence electrons. The fourth-order valence-electron chi connectivity index (χ4n) is 4.43. The van der Waals surface area contributed by atoms with Crippen LogP contribution in [0.4, 0.5) is 5.69 Å². The lowest BCUT2D eigenvalue weighted by atomic mass is 10.1. The average Bonchev–Trinajstić information content (AvgIpc) is 3.55. The van der Waals surface area contributed by atoms with Crippen molar-refractivity contribution in [2.75, 3.05) is 5.32 Å². The molecule has 2 amide bonds. The molecule has 0 fully saturated rings. The van der Waals surface area contributed by atoms with Crippen molar-refractivity contribution in [2.24, 2.45) is 5.73 Å². The van der Waals surface area contributed by atoms with E-state index in [0.29, 0.717) is 12.8 Å².